The number of nitrogens with zero attached hydrogens (tertiary/aromatic N) is 1. The van der Waals surface area contributed by atoms with Gasteiger partial charge in [0.1, 0.15) is 5.01 Å². The second kappa shape index (κ2) is 3.23. The van der Waals surface area contributed by atoms with E-state index in [4.69, 9.17) is 5.11 Å². The van der Waals surface area contributed by atoms with Crippen LogP contribution in [-0.2, 0) is 0 Å². The van der Waals surface area contributed by atoms with Gasteiger partial charge in [-0.3, -0.25) is 0 Å². The van der Waals surface area contributed by atoms with Crippen molar-refractivity contribution in [2.75, 3.05) is 0 Å². The highest BCUT2D eigenvalue weighted by atomic mass is 32.1. The highest BCUT2D eigenvalue weighted by Gasteiger charge is 2.21. The average molecular weight is 179 g/mol. The summed E-state index contributed by atoms with van der Waals surface area (Å²) in [4.78, 5) is 3.72. The Bertz CT molecular complexity index is 238. The van der Waals surface area contributed by atoms with Gasteiger partial charge in [0.15, 0.2) is 6.10 Å². The Morgan fingerprint density at radius 1 is 1.64 bits per heavy atom. The molecule has 0 radical (unpaired) electrons. The van der Waals surface area contributed by atoms with E-state index in [2.05, 4.69) is 4.98 Å². The van der Waals surface area contributed by atoms with Crippen molar-refractivity contribution < 1.29 is 13.9 Å². The van der Waals surface area contributed by atoms with E-state index in [1.165, 1.54) is 0 Å². The van der Waals surface area contributed by atoms with Crippen molar-refractivity contribution in [1.29, 1.82) is 0 Å². The van der Waals surface area contributed by atoms with Gasteiger partial charge in [-0.05, 0) is 6.92 Å². The zero-order valence-corrected chi connectivity index (χ0v) is 6.61. The third-order valence-corrected chi connectivity index (χ3v) is 2.16. The zero-order valence-electron chi connectivity index (χ0n) is 5.79. The minimum atomic E-state index is -2.75. The molecule has 2 nitrogen and oxygen atoms in total. The Kier molecular flexibility index (Phi) is 2.51. The van der Waals surface area contributed by atoms with Crippen LogP contribution < -0.4 is 0 Å². The van der Waals surface area contributed by atoms with Gasteiger partial charge in [0, 0.05) is 11.1 Å². The van der Waals surface area contributed by atoms with Crippen molar-refractivity contribution in [3.8, 4) is 0 Å². The summed E-state index contributed by atoms with van der Waals surface area (Å²) in [6, 6.07) is 0. The fourth-order valence-electron chi connectivity index (χ4n) is 0.616. The molecule has 0 aromatic carbocycles. The number of hydrogen-bond acceptors (Lipinski definition) is 3. The molecule has 1 N–H and O–H groups in total. The smallest absolute Gasteiger partial charge is 0.270 e. The predicted octanol–water partition coefficient (Wildman–Crippen LogP) is 1.75. The Morgan fingerprint density at radius 2 is 2.27 bits per heavy atom. The van der Waals surface area contributed by atoms with Gasteiger partial charge >= 0.3 is 0 Å². The third-order valence-electron chi connectivity index (χ3n) is 1.13. The number of halogens is 2. The van der Waals surface area contributed by atoms with Crippen LogP contribution >= 0.6 is 11.3 Å². The quantitative estimate of drug-likeness (QED) is 0.750. The number of hydrogen-bond donors (Lipinski definition) is 1. The van der Waals surface area contributed by atoms with E-state index in [1.54, 1.807) is 12.3 Å². The fourth-order valence-corrected chi connectivity index (χ4v) is 1.40. The minimum absolute atomic E-state index is 0.0810. The Hall–Kier alpha value is -0.550. The monoisotopic (exact) mass is 179 g/mol. The van der Waals surface area contributed by atoms with E-state index in [-0.39, 0.29) is 5.01 Å². The van der Waals surface area contributed by atoms with Gasteiger partial charge in [-0.25, -0.2) is 13.8 Å². The molecule has 1 aromatic rings. The Labute approximate surface area is 66.5 Å². The van der Waals surface area contributed by atoms with Crippen LogP contribution in [0.25, 0.3) is 0 Å². The van der Waals surface area contributed by atoms with Gasteiger partial charge in [0.25, 0.3) is 6.43 Å². The van der Waals surface area contributed by atoms with Gasteiger partial charge in [-0.2, -0.15) is 0 Å². The molecule has 0 saturated heterocycles. The molecule has 5 heteroatoms. The van der Waals surface area contributed by atoms with Crippen LogP contribution in [0.2, 0.25) is 0 Å². The minimum Gasteiger partial charge on any atom is -0.380 e. The molecule has 0 fully saturated rings. The summed E-state index contributed by atoms with van der Waals surface area (Å²) in [7, 11) is 0. The van der Waals surface area contributed by atoms with Crippen LogP contribution in [-0.4, -0.2) is 16.5 Å². The summed E-state index contributed by atoms with van der Waals surface area (Å²) in [6.07, 6.45) is -4.48. The molecule has 0 aliphatic carbocycles. The molecule has 1 atom stereocenters. The van der Waals surface area contributed by atoms with Crippen molar-refractivity contribution in [3.63, 3.8) is 0 Å². The van der Waals surface area contributed by atoms with Crippen LogP contribution in [0.5, 0.6) is 0 Å². The number of aliphatic hydroxyl groups excluding tert-OH is 1. The molecule has 0 spiro atoms. The second-order valence-corrected chi connectivity index (χ2v) is 3.00. The second-order valence-electron chi connectivity index (χ2n) is 2.11. The van der Waals surface area contributed by atoms with Crippen molar-refractivity contribution in [1.82, 2.24) is 4.98 Å². The van der Waals surface area contributed by atoms with Crippen LogP contribution in [0.15, 0.2) is 5.38 Å². The normalized spacial score (nSPS) is 13.9. The van der Waals surface area contributed by atoms with E-state index in [1.807, 2.05) is 0 Å². The van der Waals surface area contributed by atoms with Gasteiger partial charge in [0.2, 0.25) is 0 Å². The van der Waals surface area contributed by atoms with E-state index in [0.29, 0.717) is 5.69 Å². The molecule has 0 saturated carbocycles. The molecule has 0 bridgehead atoms. The third kappa shape index (κ3) is 1.94. The van der Waals surface area contributed by atoms with Crippen molar-refractivity contribution >= 4 is 11.3 Å². The van der Waals surface area contributed by atoms with Crippen molar-refractivity contribution in [2.45, 2.75) is 19.5 Å². The molecule has 1 heterocycles. The number of alkyl halides is 2. The van der Waals surface area contributed by atoms with Gasteiger partial charge in [0.05, 0.1) is 0 Å². The molecule has 1 unspecified atom stereocenters. The number of aromatic nitrogens is 1. The number of rotatable bonds is 2. The average Bonchev–Trinajstić information content (AvgIpc) is 2.34. The molecule has 1 rings (SSSR count). The standard InChI is InChI=1S/C6H7F2NOS/c1-3-2-11-6(9-3)4(10)5(7)8/h2,4-5,10H,1H3. The van der Waals surface area contributed by atoms with Gasteiger partial charge < -0.3 is 5.11 Å². The number of aliphatic hydroxyl groups is 1. The summed E-state index contributed by atoms with van der Waals surface area (Å²) < 4.78 is 23.7. The van der Waals surface area contributed by atoms with Crippen molar-refractivity contribution in [2.24, 2.45) is 0 Å². The number of thiazole rings is 1. The summed E-state index contributed by atoms with van der Waals surface area (Å²) in [5, 5.41) is 10.5. The largest absolute Gasteiger partial charge is 0.380 e. The lowest BCUT2D eigenvalue weighted by atomic mass is 10.4. The van der Waals surface area contributed by atoms with Crippen LogP contribution in [0.3, 0.4) is 0 Å². The molecule has 0 amide bonds. The molecule has 1 aromatic heterocycles. The molecule has 62 valence electrons. The lowest BCUT2D eigenvalue weighted by Crippen LogP contribution is -2.07. The van der Waals surface area contributed by atoms with E-state index in [9.17, 15) is 8.78 Å². The fraction of sp³-hybridized carbons (Fsp3) is 0.500. The first-order chi connectivity index (χ1) is 5.11. The summed E-state index contributed by atoms with van der Waals surface area (Å²) in [5.41, 5.74) is 0.657. The van der Waals surface area contributed by atoms with Crippen LogP contribution in [0.4, 0.5) is 8.78 Å². The Balaban J connectivity index is 2.76. The van der Waals surface area contributed by atoms with Crippen LogP contribution in [0, 0.1) is 6.92 Å². The lowest BCUT2D eigenvalue weighted by molar-refractivity contribution is -0.00592. The summed E-state index contributed by atoms with van der Waals surface area (Å²) in [5.74, 6) is 0. The van der Waals surface area contributed by atoms with E-state index < -0.39 is 12.5 Å². The molecular weight excluding hydrogens is 172 g/mol. The maximum absolute atomic E-state index is 11.8. The van der Waals surface area contributed by atoms with E-state index in [0.717, 1.165) is 11.3 Å². The first-order valence-corrected chi connectivity index (χ1v) is 3.87. The molecule has 0 aliphatic rings. The summed E-state index contributed by atoms with van der Waals surface area (Å²) in [6.45, 7) is 1.69. The van der Waals surface area contributed by atoms with Crippen LogP contribution in [0.1, 0.15) is 16.8 Å². The maximum atomic E-state index is 11.8. The zero-order chi connectivity index (χ0) is 8.43. The molecule has 11 heavy (non-hydrogen) atoms. The first kappa shape index (κ1) is 8.55. The predicted molar refractivity (Wildman–Crippen MR) is 37.8 cm³/mol. The lowest BCUT2D eigenvalue weighted by Gasteiger charge is -2.03. The number of aryl methyl sites for hydroxylation is 1. The SMILES string of the molecule is Cc1csc(C(O)C(F)F)n1. The topological polar surface area (TPSA) is 33.1 Å². The van der Waals surface area contributed by atoms with E-state index >= 15 is 0 Å². The highest BCUT2D eigenvalue weighted by Crippen LogP contribution is 2.23. The molecular formula is C6H7F2NOS. The highest BCUT2D eigenvalue weighted by molar-refractivity contribution is 7.09. The summed E-state index contributed by atoms with van der Waals surface area (Å²) >= 11 is 1.04. The van der Waals surface area contributed by atoms with Gasteiger partial charge in [-0.1, -0.05) is 0 Å². The molecule has 0 aliphatic heterocycles. The van der Waals surface area contributed by atoms with Gasteiger partial charge in [-0.15, -0.1) is 11.3 Å². The maximum Gasteiger partial charge on any atom is 0.270 e. The van der Waals surface area contributed by atoms with Crippen molar-refractivity contribution in [3.05, 3.63) is 16.1 Å². The first-order valence-electron chi connectivity index (χ1n) is 2.99. The Morgan fingerprint density at radius 3 is 2.64 bits per heavy atom.